The molecule has 0 aromatic heterocycles. The van der Waals surface area contributed by atoms with Crippen LogP contribution in [0.4, 0.5) is 25.8 Å². The highest BCUT2D eigenvalue weighted by Gasteiger charge is 2.13. The number of nitrogens with two attached hydrogens (primary N) is 1. The van der Waals surface area contributed by atoms with Gasteiger partial charge in [-0.1, -0.05) is 0 Å². The van der Waals surface area contributed by atoms with Gasteiger partial charge in [-0.3, -0.25) is 0 Å². The van der Waals surface area contributed by atoms with E-state index in [9.17, 15) is 8.78 Å². The molecular formula is C16H18F2N2O. The molecule has 0 spiro atoms. The molecule has 5 heteroatoms. The number of nitrogens with one attached hydrogen (secondary N) is 1. The van der Waals surface area contributed by atoms with Crippen molar-refractivity contribution in [3.63, 3.8) is 0 Å². The summed E-state index contributed by atoms with van der Waals surface area (Å²) in [5.74, 6) is 0.738. The molecule has 2 aromatic rings. The highest BCUT2D eigenvalue weighted by atomic mass is 19.3. The van der Waals surface area contributed by atoms with Gasteiger partial charge in [-0.2, -0.15) is 0 Å². The fourth-order valence-corrected chi connectivity index (χ4v) is 1.92. The summed E-state index contributed by atoms with van der Waals surface area (Å²) < 4.78 is 31.5. The number of rotatable bonds is 5. The number of ether oxygens (including phenoxy) is 1. The summed E-state index contributed by atoms with van der Waals surface area (Å²) in [6.07, 6.45) is -2.49. The maximum absolute atomic E-state index is 13.0. The van der Waals surface area contributed by atoms with E-state index in [-0.39, 0.29) is 11.7 Å². The zero-order valence-electron chi connectivity index (χ0n) is 11.9. The van der Waals surface area contributed by atoms with E-state index in [2.05, 4.69) is 5.32 Å². The van der Waals surface area contributed by atoms with Crippen LogP contribution in [-0.2, 0) is 0 Å². The predicted octanol–water partition coefficient (Wildman–Crippen LogP) is 4.74. The average molecular weight is 292 g/mol. The van der Waals surface area contributed by atoms with Crippen LogP contribution >= 0.6 is 0 Å². The molecule has 21 heavy (non-hydrogen) atoms. The van der Waals surface area contributed by atoms with Gasteiger partial charge < -0.3 is 15.8 Å². The maximum atomic E-state index is 13.0. The molecule has 3 N–H and O–H groups in total. The summed E-state index contributed by atoms with van der Waals surface area (Å²) in [7, 11) is 0. The predicted molar refractivity (Wildman–Crippen MR) is 81.3 cm³/mol. The molecule has 0 aliphatic heterocycles. The van der Waals surface area contributed by atoms with Gasteiger partial charge in [0.25, 0.3) is 6.43 Å². The lowest BCUT2D eigenvalue weighted by atomic mass is 10.1. The van der Waals surface area contributed by atoms with Crippen molar-refractivity contribution < 1.29 is 13.5 Å². The van der Waals surface area contributed by atoms with Crippen LogP contribution in [0.15, 0.2) is 42.5 Å². The van der Waals surface area contributed by atoms with E-state index in [4.69, 9.17) is 10.5 Å². The second-order valence-electron chi connectivity index (χ2n) is 4.96. The van der Waals surface area contributed by atoms with Crippen molar-refractivity contribution in [1.29, 1.82) is 0 Å². The van der Waals surface area contributed by atoms with Gasteiger partial charge in [-0.25, -0.2) is 8.78 Å². The van der Waals surface area contributed by atoms with Crippen LogP contribution in [0, 0.1) is 0 Å². The Balaban J connectivity index is 2.18. The highest BCUT2D eigenvalue weighted by Crippen LogP contribution is 2.31. The lowest BCUT2D eigenvalue weighted by Crippen LogP contribution is -2.05. The minimum absolute atomic E-state index is 0.0892. The molecule has 3 nitrogen and oxygen atoms in total. The molecule has 0 radical (unpaired) electrons. The number of benzene rings is 2. The molecule has 0 unspecified atom stereocenters. The minimum Gasteiger partial charge on any atom is -0.491 e. The van der Waals surface area contributed by atoms with Gasteiger partial charge in [0, 0.05) is 22.6 Å². The molecule has 0 saturated carbocycles. The van der Waals surface area contributed by atoms with Crippen molar-refractivity contribution in [2.75, 3.05) is 11.1 Å². The van der Waals surface area contributed by atoms with E-state index >= 15 is 0 Å². The van der Waals surface area contributed by atoms with E-state index in [0.717, 1.165) is 5.75 Å². The third kappa shape index (κ3) is 4.08. The number of nitrogen functional groups attached to an aromatic ring is 1. The molecule has 0 bridgehead atoms. The SMILES string of the molecule is CC(C)Oc1ccc(Nc2ccc(N)cc2C(F)F)cc1. The summed E-state index contributed by atoms with van der Waals surface area (Å²) in [4.78, 5) is 0. The van der Waals surface area contributed by atoms with Gasteiger partial charge in [0.2, 0.25) is 0 Å². The lowest BCUT2D eigenvalue weighted by molar-refractivity contribution is 0.152. The number of hydrogen-bond acceptors (Lipinski definition) is 3. The number of anilines is 3. The summed E-state index contributed by atoms with van der Waals surface area (Å²) in [5.41, 5.74) is 6.80. The fourth-order valence-electron chi connectivity index (χ4n) is 1.92. The standard InChI is InChI=1S/C16H18F2N2O/c1-10(2)21-13-6-4-12(5-7-13)20-15-8-3-11(19)9-14(15)16(17)18/h3-10,16,20H,19H2,1-2H3. The molecule has 0 saturated heterocycles. The Morgan fingerprint density at radius 1 is 1.05 bits per heavy atom. The average Bonchev–Trinajstić information content (AvgIpc) is 2.42. The fraction of sp³-hybridized carbons (Fsp3) is 0.250. The highest BCUT2D eigenvalue weighted by molar-refractivity contribution is 5.66. The van der Waals surface area contributed by atoms with Crippen molar-refractivity contribution in [2.24, 2.45) is 0 Å². The second kappa shape index (κ2) is 6.43. The largest absolute Gasteiger partial charge is 0.491 e. The first-order chi connectivity index (χ1) is 9.95. The van der Waals surface area contributed by atoms with Gasteiger partial charge in [-0.15, -0.1) is 0 Å². The first kappa shape index (κ1) is 15.1. The second-order valence-corrected chi connectivity index (χ2v) is 4.96. The Bertz CT molecular complexity index is 598. The molecule has 0 amide bonds. The topological polar surface area (TPSA) is 47.3 Å². The van der Waals surface area contributed by atoms with Crippen LogP contribution in [0.1, 0.15) is 25.8 Å². The van der Waals surface area contributed by atoms with Gasteiger partial charge in [0.1, 0.15) is 5.75 Å². The summed E-state index contributed by atoms with van der Waals surface area (Å²) in [6.45, 7) is 3.88. The van der Waals surface area contributed by atoms with Crippen molar-refractivity contribution in [3.8, 4) is 5.75 Å². The lowest BCUT2D eigenvalue weighted by Gasteiger charge is -2.14. The maximum Gasteiger partial charge on any atom is 0.265 e. The van der Waals surface area contributed by atoms with Crippen molar-refractivity contribution in [3.05, 3.63) is 48.0 Å². The van der Waals surface area contributed by atoms with Crippen LogP contribution in [0.2, 0.25) is 0 Å². The Hall–Kier alpha value is -2.30. The van der Waals surface area contributed by atoms with E-state index < -0.39 is 6.43 Å². The molecule has 112 valence electrons. The Kier molecular flexibility index (Phi) is 4.62. The Morgan fingerprint density at radius 2 is 1.71 bits per heavy atom. The number of alkyl halides is 2. The third-order valence-corrected chi connectivity index (χ3v) is 2.82. The summed E-state index contributed by atoms with van der Waals surface area (Å²) in [6, 6.07) is 11.6. The van der Waals surface area contributed by atoms with E-state index in [1.807, 2.05) is 13.8 Å². The van der Waals surface area contributed by atoms with Gasteiger partial charge in [-0.05, 0) is 56.3 Å². The molecular weight excluding hydrogens is 274 g/mol. The monoisotopic (exact) mass is 292 g/mol. The van der Waals surface area contributed by atoms with Crippen molar-refractivity contribution >= 4 is 17.1 Å². The van der Waals surface area contributed by atoms with E-state index in [0.29, 0.717) is 17.1 Å². The molecule has 0 aliphatic carbocycles. The van der Waals surface area contributed by atoms with Gasteiger partial charge in [0.05, 0.1) is 6.10 Å². The molecule has 0 fully saturated rings. The smallest absolute Gasteiger partial charge is 0.265 e. The van der Waals surface area contributed by atoms with Crippen LogP contribution in [0.25, 0.3) is 0 Å². The van der Waals surface area contributed by atoms with Crippen LogP contribution in [-0.4, -0.2) is 6.10 Å². The quantitative estimate of drug-likeness (QED) is 0.783. The van der Waals surface area contributed by atoms with Crippen LogP contribution in [0.3, 0.4) is 0 Å². The Labute approximate surface area is 122 Å². The van der Waals surface area contributed by atoms with Crippen molar-refractivity contribution in [1.82, 2.24) is 0 Å². The zero-order chi connectivity index (χ0) is 15.4. The normalized spacial score (nSPS) is 11.0. The Morgan fingerprint density at radius 3 is 2.29 bits per heavy atom. The summed E-state index contributed by atoms with van der Waals surface area (Å²) >= 11 is 0. The number of halogens is 2. The first-order valence-corrected chi connectivity index (χ1v) is 6.67. The number of hydrogen-bond donors (Lipinski definition) is 2. The van der Waals surface area contributed by atoms with Crippen molar-refractivity contribution in [2.45, 2.75) is 26.4 Å². The molecule has 2 rings (SSSR count). The van der Waals surface area contributed by atoms with Gasteiger partial charge in [0.15, 0.2) is 0 Å². The minimum atomic E-state index is -2.58. The van der Waals surface area contributed by atoms with Gasteiger partial charge >= 0.3 is 0 Å². The first-order valence-electron chi connectivity index (χ1n) is 6.67. The van der Waals surface area contributed by atoms with Crippen LogP contribution < -0.4 is 15.8 Å². The van der Waals surface area contributed by atoms with Crippen LogP contribution in [0.5, 0.6) is 5.75 Å². The molecule has 0 atom stereocenters. The summed E-state index contributed by atoms with van der Waals surface area (Å²) in [5, 5.41) is 2.97. The van der Waals surface area contributed by atoms with E-state index in [1.54, 1.807) is 36.4 Å². The molecule has 2 aromatic carbocycles. The van der Waals surface area contributed by atoms with E-state index in [1.165, 1.54) is 6.07 Å². The zero-order valence-corrected chi connectivity index (χ0v) is 11.9. The third-order valence-electron chi connectivity index (χ3n) is 2.82. The molecule has 0 aliphatic rings. The molecule has 0 heterocycles.